The van der Waals surface area contributed by atoms with Gasteiger partial charge in [-0.25, -0.2) is 0 Å². The van der Waals surface area contributed by atoms with Gasteiger partial charge in [-0.1, -0.05) is 30.4 Å². The molecule has 0 radical (unpaired) electrons. The van der Waals surface area contributed by atoms with E-state index in [1.165, 1.54) is 11.1 Å². The van der Waals surface area contributed by atoms with Crippen molar-refractivity contribution in [3.63, 3.8) is 0 Å². The minimum Gasteiger partial charge on any atom is -0.497 e. The Morgan fingerprint density at radius 1 is 1.05 bits per heavy atom. The van der Waals surface area contributed by atoms with Crippen molar-refractivity contribution in [1.29, 1.82) is 0 Å². The molecule has 0 bridgehead atoms. The number of thiocarbonyl (C=S) groups is 1. The van der Waals surface area contributed by atoms with Crippen LogP contribution in [-0.4, -0.2) is 12.1 Å². The normalized spacial score (nSPS) is 15.7. The summed E-state index contributed by atoms with van der Waals surface area (Å²) in [6.07, 6.45) is 0. The lowest BCUT2D eigenvalue weighted by atomic mass is 9.85. The Labute approximate surface area is 124 Å². The maximum Gasteiger partial charge on any atom is 0.119 e. The molecule has 2 nitrogen and oxygen atoms in total. The van der Waals surface area contributed by atoms with Crippen LogP contribution in [0.3, 0.4) is 0 Å². The molecule has 3 rings (SSSR count). The van der Waals surface area contributed by atoms with Gasteiger partial charge >= 0.3 is 0 Å². The number of anilines is 1. The summed E-state index contributed by atoms with van der Waals surface area (Å²) in [6, 6.07) is 14.5. The maximum atomic E-state index is 5.43. The zero-order valence-corrected chi connectivity index (χ0v) is 12.7. The minimum atomic E-state index is -0.112. The van der Waals surface area contributed by atoms with Crippen molar-refractivity contribution in [3.05, 3.63) is 48.0 Å². The van der Waals surface area contributed by atoms with Crippen LogP contribution in [0.1, 0.15) is 19.4 Å². The standard InChI is InChI=1S/C17H17NOS/c1-17(2)14-10-12(7-8-15(14)18-16(17)20)11-5-4-6-13(9-11)19-3/h4-10H,1-3H3,(H,18,20). The van der Waals surface area contributed by atoms with Crippen LogP contribution in [0.5, 0.6) is 5.75 Å². The van der Waals surface area contributed by atoms with E-state index in [2.05, 4.69) is 49.5 Å². The number of rotatable bonds is 2. The number of nitrogens with one attached hydrogen (secondary N) is 1. The lowest BCUT2D eigenvalue weighted by Gasteiger charge is -2.18. The molecular formula is C17H17NOS. The van der Waals surface area contributed by atoms with Gasteiger partial charge < -0.3 is 10.1 Å². The summed E-state index contributed by atoms with van der Waals surface area (Å²) < 4.78 is 5.29. The van der Waals surface area contributed by atoms with Gasteiger partial charge in [-0.05, 0) is 54.8 Å². The summed E-state index contributed by atoms with van der Waals surface area (Å²) in [4.78, 5) is 0.885. The molecule has 1 heterocycles. The molecule has 3 heteroatoms. The third-order valence-corrected chi connectivity index (χ3v) is 4.52. The van der Waals surface area contributed by atoms with Crippen LogP contribution in [0, 0.1) is 0 Å². The smallest absolute Gasteiger partial charge is 0.119 e. The Bertz CT molecular complexity index is 691. The van der Waals surface area contributed by atoms with E-state index >= 15 is 0 Å². The van der Waals surface area contributed by atoms with Crippen molar-refractivity contribution < 1.29 is 4.74 Å². The number of hydrogen-bond acceptors (Lipinski definition) is 2. The molecule has 102 valence electrons. The molecule has 1 aliphatic heterocycles. The van der Waals surface area contributed by atoms with Gasteiger partial charge in [0.05, 0.1) is 12.1 Å². The average molecular weight is 283 g/mol. The largest absolute Gasteiger partial charge is 0.497 e. The lowest BCUT2D eigenvalue weighted by molar-refractivity contribution is 0.415. The highest BCUT2D eigenvalue weighted by Gasteiger charge is 2.35. The Kier molecular flexibility index (Phi) is 3.02. The van der Waals surface area contributed by atoms with Crippen molar-refractivity contribution in [2.24, 2.45) is 0 Å². The molecule has 2 aromatic carbocycles. The first-order chi connectivity index (χ1) is 9.52. The summed E-state index contributed by atoms with van der Waals surface area (Å²) in [5, 5.41) is 3.30. The minimum absolute atomic E-state index is 0.112. The van der Waals surface area contributed by atoms with Gasteiger partial charge in [0, 0.05) is 11.1 Å². The Morgan fingerprint density at radius 3 is 2.55 bits per heavy atom. The third-order valence-electron chi connectivity index (χ3n) is 3.91. The van der Waals surface area contributed by atoms with Crippen LogP contribution >= 0.6 is 12.2 Å². The van der Waals surface area contributed by atoms with E-state index in [9.17, 15) is 0 Å². The molecule has 0 saturated carbocycles. The number of methoxy groups -OCH3 is 1. The molecule has 0 atom stereocenters. The molecule has 0 aromatic heterocycles. The van der Waals surface area contributed by atoms with E-state index in [1.54, 1.807) is 7.11 Å². The van der Waals surface area contributed by atoms with Crippen molar-refractivity contribution in [1.82, 2.24) is 0 Å². The van der Waals surface area contributed by atoms with Crippen LogP contribution in [0.25, 0.3) is 11.1 Å². The fourth-order valence-corrected chi connectivity index (χ4v) is 2.77. The maximum absolute atomic E-state index is 5.43. The number of fused-ring (bicyclic) bond motifs is 1. The van der Waals surface area contributed by atoms with E-state index in [0.29, 0.717) is 0 Å². The van der Waals surface area contributed by atoms with E-state index in [-0.39, 0.29) is 5.41 Å². The van der Waals surface area contributed by atoms with Gasteiger partial charge in [-0.3, -0.25) is 0 Å². The van der Waals surface area contributed by atoms with Crippen LogP contribution < -0.4 is 10.1 Å². The second kappa shape index (κ2) is 4.60. The molecule has 0 aliphatic carbocycles. The van der Waals surface area contributed by atoms with Crippen LogP contribution in [0.2, 0.25) is 0 Å². The fraction of sp³-hybridized carbons (Fsp3) is 0.235. The second-order valence-electron chi connectivity index (χ2n) is 5.57. The Balaban J connectivity index is 2.10. The molecule has 20 heavy (non-hydrogen) atoms. The summed E-state index contributed by atoms with van der Waals surface area (Å²) in [7, 11) is 1.69. The number of hydrogen-bond donors (Lipinski definition) is 1. The topological polar surface area (TPSA) is 21.3 Å². The molecule has 1 aliphatic rings. The number of ether oxygens (including phenoxy) is 1. The van der Waals surface area contributed by atoms with Crippen LogP contribution in [0.4, 0.5) is 5.69 Å². The second-order valence-corrected chi connectivity index (χ2v) is 5.98. The predicted octanol–water partition coefficient (Wildman–Crippen LogP) is 4.39. The van der Waals surface area contributed by atoms with Gasteiger partial charge in [-0.2, -0.15) is 0 Å². The quantitative estimate of drug-likeness (QED) is 0.826. The molecule has 1 N–H and O–H groups in total. The molecule has 0 unspecified atom stereocenters. The zero-order valence-electron chi connectivity index (χ0n) is 11.9. The van der Waals surface area contributed by atoms with Crippen molar-refractivity contribution in [2.45, 2.75) is 19.3 Å². The average Bonchev–Trinajstić information content (AvgIpc) is 2.69. The molecule has 0 saturated heterocycles. The van der Waals surface area contributed by atoms with Crippen LogP contribution in [-0.2, 0) is 5.41 Å². The summed E-state index contributed by atoms with van der Waals surface area (Å²) in [6.45, 7) is 4.31. The molecule has 0 fully saturated rings. The monoisotopic (exact) mass is 283 g/mol. The predicted molar refractivity (Wildman–Crippen MR) is 87.7 cm³/mol. The van der Waals surface area contributed by atoms with Crippen molar-refractivity contribution >= 4 is 22.9 Å². The van der Waals surface area contributed by atoms with E-state index in [0.717, 1.165) is 22.0 Å². The fourth-order valence-electron chi connectivity index (χ4n) is 2.55. The Morgan fingerprint density at radius 2 is 1.80 bits per heavy atom. The van der Waals surface area contributed by atoms with E-state index in [4.69, 9.17) is 17.0 Å². The summed E-state index contributed by atoms with van der Waals surface area (Å²) >= 11 is 5.43. The molecule has 2 aromatic rings. The highest BCUT2D eigenvalue weighted by Crippen LogP contribution is 2.40. The highest BCUT2D eigenvalue weighted by atomic mass is 32.1. The number of benzene rings is 2. The van der Waals surface area contributed by atoms with Gasteiger partial charge in [-0.15, -0.1) is 0 Å². The lowest BCUT2D eigenvalue weighted by Crippen LogP contribution is -2.25. The highest BCUT2D eigenvalue weighted by molar-refractivity contribution is 7.80. The van der Waals surface area contributed by atoms with Crippen molar-refractivity contribution in [3.8, 4) is 16.9 Å². The SMILES string of the molecule is COc1cccc(-c2ccc3c(c2)C(C)(C)C(=S)N3)c1. The zero-order chi connectivity index (χ0) is 14.3. The summed E-state index contributed by atoms with van der Waals surface area (Å²) in [5.74, 6) is 0.871. The molecule has 0 spiro atoms. The van der Waals surface area contributed by atoms with Gasteiger partial charge in [0.15, 0.2) is 0 Å². The molecule has 0 amide bonds. The molecular weight excluding hydrogens is 266 g/mol. The van der Waals surface area contributed by atoms with E-state index < -0.39 is 0 Å². The third kappa shape index (κ3) is 1.98. The van der Waals surface area contributed by atoms with Gasteiger partial charge in [0.2, 0.25) is 0 Å². The summed E-state index contributed by atoms with van der Waals surface area (Å²) in [5.41, 5.74) is 4.59. The van der Waals surface area contributed by atoms with Crippen LogP contribution in [0.15, 0.2) is 42.5 Å². The van der Waals surface area contributed by atoms with Crippen molar-refractivity contribution in [2.75, 3.05) is 12.4 Å². The first-order valence-corrected chi connectivity index (χ1v) is 7.03. The Hall–Kier alpha value is -1.87. The van der Waals surface area contributed by atoms with E-state index in [1.807, 2.05) is 12.1 Å². The first-order valence-electron chi connectivity index (χ1n) is 6.63. The first kappa shape index (κ1) is 13.1. The van der Waals surface area contributed by atoms with Gasteiger partial charge in [0.25, 0.3) is 0 Å². The van der Waals surface area contributed by atoms with Gasteiger partial charge in [0.1, 0.15) is 5.75 Å².